The van der Waals surface area contributed by atoms with Gasteiger partial charge in [0.1, 0.15) is 0 Å². The van der Waals surface area contributed by atoms with E-state index in [4.69, 9.17) is 15.9 Å². The topological polar surface area (TPSA) is 66.5 Å². The van der Waals surface area contributed by atoms with Gasteiger partial charge in [0.15, 0.2) is 0 Å². The first-order chi connectivity index (χ1) is 4.02. The number of hydrogen-bond acceptors (Lipinski definition) is 3. The van der Waals surface area contributed by atoms with Gasteiger partial charge >= 0.3 is 0 Å². The first kappa shape index (κ1) is 8.88. The summed E-state index contributed by atoms with van der Waals surface area (Å²) in [6.45, 7) is 3.45. The molecule has 0 aromatic rings. The monoisotopic (exact) mass is 133 g/mol. The standard InChI is InChI=1S/C6H15NO2/c1-6(2,7)5(3-8)4-9/h5,8-9H,3-4,7H2,1-2H3. The average Bonchev–Trinajstić information content (AvgIpc) is 1.65. The Balaban J connectivity index is 3.79. The van der Waals surface area contributed by atoms with Crippen LogP contribution in [0.3, 0.4) is 0 Å². The Morgan fingerprint density at radius 2 is 1.67 bits per heavy atom. The van der Waals surface area contributed by atoms with Crippen molar-refractivity contribution in [3.63, 3.8) is 0 Å². The number of aliphatic hydroxyl groups is 2. The van der Waals surface area contributed by atoms with Gasteiger partial charge in [-0.15, -0.1) is 0 Å². The predicted molar refractivity (Wildman–Crippen MR) is 35.9 cm³/mol. The highest BCUT2D eigenvalue weighted by molar-refractivity contribution is 4.80. The minimum Gasteiger partial charge on any atom is -0.396 e. The van der Waals surface area contributed by atoms with E-state index in [2.05, 4.69) is 0 Å². The van der Waals surface area contributed by atoms with Crippen LogP contribution in [0.4, 0.5) is 0 Å². The van der Waals surface area contributed by atoms with E-state index in [1.54, 1.807) is 13.8 Å². The maximum Gasteiger partial charge on any atom is 0.0498 e. The zero-order valence-corrected chi connectivity index (χ0v) is 5.96. The zero-order chi connectivity index (χ0) is 7.49. The fourth-order valence-corrected chi connectivity index (χ4v) is 0.528. The third kappa shape index (κ3) is 2.79. The molecule has 0 atom stereocenters. The van der Waals surface area contributed by atoms with E-state index in [9.17, 15) is 0 Å². The van der Waals surface area contributed by atoms with Crippen molar-refractivity contribution >= 4 is 0 Å². The maximum atomic E-state index is 8.62. The van der Waals surface area contributed by atoms with Crippen molar-refractivity contribution in [1.29, 1.82) is 0 Å². The molecule has 0 aliphatic heterocycles. The van der Waals surface area contributed by atoms with Crippen LogP contribution in [0.5, 0.6) is 0 Å². The van der Waals surface area contributed by atoms with Crippen molar-refractivity contribution in [2.24, 2.45) is 11.7 Å². The molecule has 0 fully saturated rings. The second-order valence-electron chi connectivity index (χ2n) is 2.88. The molecule has 3 nitrogen and oxygen atoms in total. The fourth-order valence-electron chi connectivity index (χ4n) is 0.528. The lowest BCUT2D eigenvalue weighted by molar-refractivity contribution is 0.103. The summed E-state index contributed by atoms with van der Waals surface area (Å²) < 4.78 is 0. The molecule has 0 aromatic heterocycles. The van der Waals surface area contributed by atoms with Crippen molar-refractivity contribution in [3.05, 3.63) is 0 Å². The molecule has 0 bridgehead atoms. The predicted octanol–water partition coefficient (Wildman–Crippen LogP) is -0.676. The summed E-state index contributed by atoms with van der Waals surface area (Å²) in [6.07, 6.45) is 0. The second kappa shape index (κ2) is 3.15. The Kier molecular flexibility index (Phi) is 3.11. The lowest BCUT2D eigenvalue weighted by Gasteiger charge is -2.26. The molecule has 0 unspecified atom stereocenters. The van der Waals surface area contributed by atoms with Gasteiger partial charge in [0, 0.05) is 24.7 Å². The average molecular weight is 133 g/mol. The van der Waals surface area contributed by atoms with Crippen LogP contribution in [-0.2, 0) is 0 Å². The Bertz CT molecular complexity index is 73.6. The lowest BCUT2D eigenvalue weighted by atomic mass is 9.90. The SMILES string of the molecule is CC(C)(N)C(CO)CO. The molecule has 0 spiro atoms. The molecule has 0 heterocycles. The molecule has 3 heteroatoms. The molecule has 0 rings (SSSR count). The number of rotatable bonds is 3. The highest BCUT2D eigenvalue weighted by atomic mass is 16.3. The summed E-state index contributed by atoms with van der Waals surface area (Å²) in [5.74, 6) is -0.211. The van der Waals surface area contributed by atoms with Crippen LogP contribution < -0.4 is 5.73 Å². The minimum absolute atomic E-state index is 0.0556. The maximum absolute atomic E-state index is 8.62. The van der Waals surface area contributed by atoms with Crippen LogP contribution in [0.15, 0.2) is 0 Å². The highest BCUT2D eigenvalue weighted by Crippen LogP contribution is 2.10. The van der Waals surface area contributed by atoms with E-state index in [-0.39, 0.29) is 19.1 Å². The molecule has 0 amide bonds. The van der Waals surface area contributed by atoms with E-state index in [0.29, 0.717) is 0 Å². The van der Waals surface area contributed by atoms with Crippen LogP contribution >= 0.6 is 0 Å². The number of nitrogens with two attached hydrogens (primary N) is 1. The minimum atomic E-state index is -0.483. The smallest absolute Gasteiger partial charge is 0.0498 e. The van der Waals surface area contributed by atoms with Gasteiger partial charge in [0.25, 0.3) is 0 Å². The Morgan fingerprint density at radius 1 is 1.33 bits per heavy atom. The summed E-state index contributed by atoms with van der Waals surface area (Å²) in [4.78, 5) is 0. The van der Waals surface area contributed by atoms with Crippen molar-refractivity contribution in [1.82, 2.24) is 0 Å². The summed E-state index contributed by atoms with van der Waals surface area (Å²) in [6, 6.07) is 0. The molecular weight excluding hydrogens is 118 g/mol. The first-order valence-electron chi connectivity index (χ1n) is 3.03. The van der Waals surface area contributed by atoms with Gasteiger partial charge < -0.3 is 15.9 Å². The van der Waals surface area contributed by atoms with E-state index in [0.717, 1.165) is 0 Å². The van der Waals surface area contributed by atoms with Gasteiger partial charge in [-0.3, -0.25) is 0 Å². The number of hydrogen-bond donors (Lipinski definition) is 3. The van der Waals surface area contributed by atoms with E-state index in [1.165, 1.54) is 0 Å². The van der Waals surface area contributed by atoms with E-state index >= 15 is 0 Å². The van der Waals surface area contributed by atoms with Gasteiger partial charge in [-0.25, -0.2) is 0 Å². The highest BCUT2D eigenvalue weighted by Gasteiger charge is 2.22. The quantitative estimate of drug-likeness (QED) is 0.478. The lowest BCUT2D eigenvalue weighted by Crippen LogP contribution is -2.44. The zero-order valence-electron chi connectivity index (χ0n) is 5.96. The van der Waals surface area contributed by atoms with Crippen molar-refractivity contribution in [2.45, 2.75) is 19.4 Å². The summed E-state index contributed by atoms with van der Waals surface area (Å²) in [5.41, 5.74) is 5.10. The molecular formula is C6H15NO2. The van der Waals surface area contributed by atoms with Crippen LogP contribution in [0.2, 0.25) is 0 Å². The Hall–Kier alpha value is -0.120. The Morgan fingerprint density at radius 3 is 1.67 bits per heavy atom. The molecule has 0 aliphatic carbocycles. The molecule has 0 saturated heterocycles. The van der Waals surface area contributed by atoms with E-state index in [1.807, 2.05) is 0 Å². The van der Waals surface area contributed by atoms with Gasteiger partial charge in [-0.1, -0.05) is 0 Å². The Labute approximate surface area is 55.5 Å². The molecule has 4 N–H and O–H groups in total. The van der Waals surface area contributed by atoms with E-state index < -0.39 is 5.54 Å². The van der Waals surface area contributed by atoms with Crippen molar-refractivity contribution in [2.75, 3.05) is 13.2 Å². The normalized spacial score (nSPS) is 12.7. The first-order valence-corrected chi connectivity index (χ1v) is 3.03. The van der Waals surface area contributed by atoms with Crippen LogP contribution in [0.1, 0.15) is 13.8 Å². The van der Waals surface area contributed by atoms with Gasteiger partial charge in [0.05, 0.1) is 0 Å². The van der Waals surface area contributed by atoms with Gasteiger partial charge in [-0.2, -0.15) is 0 Å². The molecule has 0 saturated carbocycles. The largest absolute Gasteiger partial charge is 0.396 e. The molecule has 0 radical (unpaired) electrons. The molecule has 9 heavy (non-hydrogen) atoms. The number of aliphatic hydroxyl groups excluding tert-OH is 2. The third-order valence-corrected chi connectivity index (χ3v) is 1.49. The third-order valence-electron chi connectivity index (χ3n) is 1.49. The summed E-state index contributed by atoms with van der Waals surface area (Å²) >= 11 is 0. The van der Waals surface area contributed by atoms with Crippen molar-refractivity contribution in [3.8, 4) is 0 Å². The van der Waals surface area contributed by atoms with Crippen LogP contribution in [0.25, 0.3) is 0 Å². The molecule has 0 aliphatic rings. The van der Waals surface area contributed by atoms with Gasteiger partial charge in [-0.05, 0) is 13.8 Å². The molecule has 0 aromatic carbocycles. The summed E-state index contributed by atoms with van der Waals surface area (Å²) in [7, 11) is 0. The van der Waals surface area contributed by atoms with Crippen LogP contribution in [0, 0.1) is 5.92 Å². The van der Waals surface area contributed by atoms with Crippen LogP contribution in [-0.4, -0.2) is 29.0 Å². The second-order valence-corrected chi connectivity index (χ2v) is 2.88. The van der Waals surface area contributed by atoms with Crippen molar-refractivity contribution < 1.29 is 10.2 Å². The fraction of sp³-hybridized carbons (Fsp3) is 1.00. The van der Waals surface area contributed by atoms with Gasteiger partial charge in [0.2, 0.25) is 0 Å². The molecule has 56 valence electrons. The summed E-state index contributed by atoms with van der Waals surface area (Å²) in [5, 5.41) is 17.2.